The summed E-state index contributed by atoms with van der Waals surface area (Å²) >= 11 is 1.83. The first-order valence-corrected chi connectivity index (χ1v) is 11.6. The molecule has 0 spiro atoms. The van der Waals surface area contributed by atoms with E-state index in [9.17, 15) is 0 Å². The van der Waals surface area contributed by atoms with Crippen molar-refractivity contribution >= 4 is 32.8 Å². The molecule has 0 amide bonds. The molecular weight excluding hydrogens is 408 g/mol. The van der Waals surface area contributed by atoms with Crippen molar-refractivity contribution in [2.45, 2.75) is 6.17 Å². The number of fused-ring (bicyclic) bond motifs is 3. The Hall–Kier alpha value is -3.69. The molecule has 0 saturated carbocycles. The number of hydrogen-bond acceptors (Lipinski definition) is 3. The summed E-state index contributed by atoms with van der Waals surface area (Å²) in [5, 5.41) is 1.30. The van der Waals surface area contributed by atoms with Gasteiger partial charge in [0.2, 0.25) is 0 Å². The number of nitrogens with zero attached hydrogens (tertiary/aromatic N) is 2. The fourth-order valence-corrected chi connectivity index (χ4v) is 5.77. The first-order valence-electron chi connectivity index (χ1n) is 10.8. The Morgan fingerprint density at radius 1 is 0.656 bits per heavy atom. The lowest BCUT2D eigenvalue weighted by Crippen LogP contribution is -2.29. The lowest BCUT2D eigenvalue weighted by molar-refractivity contribution is 0.703. The van der Waals surface area contributed by atoms with Crippen LogP contribution in [0.2, 0.25) is 0 Å². The molecule has 154 valence electrons. The lowest BCUT2D eigenvalue weighted by Gasteiger charge is -2.33. The minimum Gasteiger partial charge on any atom is -0.347 e. The summed E-state index contributed by atoms with van der Waals surface area (Å²) in [5.41, 5.74) is 7.17. The third-order valence-electron chi connectivity index (χ3n) is 6.12. The molecule has 6 rings (SSSR count). The number of thiophene rings is 1. The predicted molar refractivity (Wildman–Crippen MR) is 137 cm³/mol. The molecule has 0 fully saturated rings. The zero-order valence-electron chi connectivity index (χ0n) is 17.8. The number of benzene rings is 4. The Kier molecular flexibility index (Phi) is 4.62. The lowest BCUT2D eigenvalue weighted by atomic mass is 9.99. The largest absolute Gasteiger partial charge is 0.347 e. The highest BCUT2D eigenvalue weighted by molar-refractivity contribution is 7.22. The van der Waals surface area contributed by atoms with Crippen molar-refractivity contribution in [3.63, 3.8) is 0 Å². The third kappa shape index (κ3) is 3.14. The van der Waals surface area contributed by atoms with Gasteiger partial charge in [0.15, 0.2) is 0 Å². The molecule has 2 nitrogen and oxygen atoms in total. The van der Waals surface area contributed by atoms with E-state index in [1.807, 2.05) is 11.3 Å². The Balaban J connectivity index is 1.52. The molecule has 4 aromatic carbocycles. The number of rotatable bonds is 3. The molecule has 0 N–H and O–H groups in total. The molecule has 1 unspecified atom stereocenters. The molecule has 2 heterocycles. The van der Waals surface area contributed by atoms with Crippen LogP contribution in [-0.2, 0) is 0 Å². The molecule has 32 heavy (non-hydrogen) atoms. The van der Waals surface area contributed by atoms with Gasteiger partial charge in [0, 0.05) is 22.7 Å². The molecule has 5 aromatic rings. The van der Waals surface area contributed by atoms with E-state index >= 15 is 0 Å². The van der Waals surface area contributed by atoms with Crippen molar-refractivity contribution in [2.75, 3.05) is 11.9 Å². The first kappa shape index (κ1) is 19.0. The van der Waals surface area contributed by atoms with Gasteiger partial charge in [-0.1, -0.05) is 103 Å². The fourth-order valence-electron chi connectivity index (χ4n) is 4.51. The van der Waals surface area contributed by atoms with Crippen LogP contribution in [0.15, 0.2) is 114 Å². The van der Waals surface area contributed by atoms with E-state index in [-0.39, 0.29) is 6.17 Å². The Morgan fingerprint density at radius 2 is 1.25 bits per heavy atom. The van der Waals surface area contributed by atoms with Crippen LogP contribution in [-0.4, -0.2) is 12.8 Å². The molecule has 1 aromatic heterocycles. The second-order valence-electron chi connectivity index (χ2n) is 8.09. The highest BCUT2D eigenvalue weighted by atomic mass is 32.1. The van der Waals surface area contributed by atoms with Gasteiger partial charge in [-0.25, -0.2) is 0 Å². The summed E-state index contributed by atoms with van der Waals surface area (Å²) in [4.78, 5) is 8.86. The quantitative estimate of drug-likeness (QED) is 0.288. The van der Waals surface area contributed by atoms with Gasteiger partial charge in [0.25, 0.3) is 0 Å². The van der Waals surface area contributed by atoms with Gasteiger partial charge in [-0.15, -0.1) is 11.3 Å². The van der Waals surface area contributed by atoms with Crippen LogP contribution >= 0.6 is 11.3 Å². The van der Waals surface area contributed by atoms with Crippen molar-refractivity contribution in [3.05, 3.63) is 125 Å². The van der Waals surface area contributed by atoms with Crippen LogP contribution in [0.4, 0.5) is 5.69 Å². The molecule has 1 aliphatic rings. The monoisotopic (exact) mass is 430 g/mol. The van der Waals surface area contributed by atoms with Gasteiger partial charge in [0.1, 0.15) is 6.17 Å². The van der Waals surface area contributed by atoms with E-state index in [0.29, 0.717) is 0 Å². The number of aliphatic imine (C=N–C) groups is 1. The van der Waals surface area contributed by atoms with Crippen LogP contribution in [0, 0.1) is 0 Å². The zero-order chi connectivity index (χ0) is 21.5. The summed E-state index contributed by atoms with van der Waals surface area (Å²) in [5.74, 6) is 0. The van der Waals surface area contributed by atoms with Gasteiger partial charge < -0.3 is 4.90 Å². The summed E-state index contributed by atoms with van der Waals surface area (Å²) in [6, 6.07) is 38.6. The van der Waals surface area contributed by atoms with Crippen LogP contribution in [0.5, 0.6) is 0 Å². The van der Waals surface area contributed by atoms with Gasteiger partial charge in [-0.2, -0.15) is 0 Å². The van der Waals surface area contributed by atoms with Crippen LogP contribution in [0.1, 0.15) is 22.2 Å². The van der Waals surface area contributed by atoms with E-state index < -0.39 is 0 Å². The molecule has 0 bridgehead atoms. The molecule has 0 aliphatic carbocycles. The van der Waals surface area contributed by atoms with Crippen LogP contribution in [0.3, 0.4) is 0 Å². The maximum absolute atomic E-state index is 5.30. The van der Waals surface area contributed by atoms with Crippen molar-refractivity contribution in [3.8, 4) is 11.1 Å². The Bertz CT molecular complexity index is 1420. The minimum atomic E-state index is -0.0505. The van der Waals surface area contributed by atoms with E-state index in [1.54, 1.807) is 0 Å². The SMILES string of the molecule is CN1c2c(sc3ccccc23)C(c2ccc(-c3ccccc3)cc2)=NC1c1ccccc1. The van der Waals surface area contributed by atoms with E-state index in [2.05, 4.69) is 121 Å². The smallest absolute Gasteiger partial charge is 0.147 e. The van der Waals surface area contributed by atoms with Gasteiger partial charge >= 0.3 is 0 Å². The first-order chi connectivity index (χ1) is 15.8. The predicted octanol–water partition coefficient (Wildman–Crippen LogP) is 7.55. The summed E-state index contributed by atoms with van der Waals surface area (Å²) in [6.07, 6.45) is -0.0505. The van der Waals surface area contributed by atoms with E-state index in [4.69, 9.17) is 4.99 Å². The van der Waals surface area contributed by atoms with Crippen molar-refractivity contribution in [1.82, 2.24) is 0 Å². The second kappa shape index (κ2) is 7.77. The van der Waals surface area contributed by atoms with Crippen LogP contribution in [0.25, 0.3) is 21.2 Å². The Labute approximate surface area is 192 Å². The minimum absolute atomic E-state index is 0.0505. The standard InChI is InChI=1S/C29H22N2S/c1-31-27-24-14-8-9-15-25(24)32-28(27)26(30-29(31)23-12-6-3-7-13-23)22-18-16-21(17-19-22)20-10-4-2-5-11-20/h2-19,29H,1H3. The summed E-state index contributed by atoms with van der Waals surface area (Å²) in [7, 11) is 2.16. The topological polar surface area (TPSA) is 15.6 Å². The number of hydrogen-bond donors (Lipinski definition) is 0. The molecule has 3 heteroatoms. The van der Waals surface area contributed by atoms with Gasteiger partial charge in [-0.05, 0) is 22.8 Å². The fraction of sp³-hybridized carbons (Fsp3) is 0.0690. The second-order valence-corrected chi connectivity index (χ2v) is 9.14. The molecule has 1 atom stereocenters. The van der Waals surface area contributed by atoms with E-state index in [0.717, 1.165) is 11.3 Å². The van der Waals surface area contributed by atoms with E-state index in [1.165, 1.54) is 37.3 Å². The highest BCUT2D eigenvalue weighted by Crippen LogP contribution is 2.45. The number of anilines is 1. The van der Waals surface area contributed by atoms with Crippen LogP contribution < -0.4 is 4.90 Å². The molecular formula is C29H22N2S. The maximum atomic E-state index is 5.30. The van der Waals surface area contributed by atoms with Gasteiger partial charge in [0.05, 0.1) is 16.3 Å². The molecule has 0 saturated heterocycles. The van der Waals surface area contributed by atoms with Crippen molar-refractivity contribution < 1.29 is 0 Å². The van der Waals surface area contributed by atoms with Crippen molar-refractivity contribution in [2.24, 2.45) is 4.99 Å². The summed E-state index contributed by atoms with van der Waals surface area (Å²) < 4.78 is 1.30. The molecule has 1 aliphatic heterocycles. The Morgan fingerprint density at radius 3 is 2.00 bits per heavy atom. The average molecular weight is 431 g/mol. The average Bonchev–Trinajstić information content (AvgIpc) is 3.26. The maximum Gasteiger partial charge on any atom is 0.147 e. The highest BCUT2D eigenvalue weighted by Gasteiger charge is 2.30. The third-order valence-corrected chi connectivity index (χ3v) is 7.29. The van der Waals surface area contributed by atoms with Crippen molar-refractivity contribution in [1.29, 1.82) is 0 Å². The normalized spacial score (nSPS) is 15.5. The van der Waals surface area contributed by atoms with Gasteiger partial charge in [-0.3, -0.25) is 4.99 Å². The zero-order valence-corrected chi connectivity index (χ0v) is 18.6. The summed E-state index contributed by atoms with van der Waals surface area (Å²) in [6.45, 7) is 0. The molecule has 0 radical (unpaired) electrons.